The molecule has 3 rings (SSSR count). The molecular formula is C18H22N2O2S. The van der Waals surface area contributed by atoms with Crippen LogP contribution in [0.4, 0.5) is 0 Å². The summed E-state index contributed by atoms with van der Waals surface area (Å²) in [7, 11) is 1.67. The van der Waals surface area contributed by atoms with Crippen LogP contribution in [0.25, 0.3) is 10.8 Å². The van der Waals surface area contributed by atoms with Crippen LogP contribution in [0.1, 0.15) is 12.0 Å². The second-order valence-electron chi connectivity index (χ2n) is 5.75. The molecule has 1 unspecified atom stereocenters. The summed E-state index contributed by atoms with van der Waals surface area (Å²) < 4.78 is 5.24. The number of nitrogens with one attached hydrogen (secondary N) is 2. The zero-order valence-corrected chi connectivity index (χ0v) is 14.1. The largest absolute Gasteiger partial charge is 0.497 e. The molecule has 0 saturated carbocycles. The van der Waals surface area contributed by atoms with E-state index < -0.39 is 0 Å². The second-order valence-corrected chi connectivity index (χ2v) is 6.90. The van der Waals surface area contributed by atoms with E-state index in [0.717, 1.165) is 40.1 Å². The molecule has 1 aliphatic heterocycles. The van der Waals surface area contributed by atoms with Gasteiger partial charge < -0.3 is 15.4 Å². The van der Waals surface area contributed by atoms with Crippen LogP contribution in [-0.4, -0.2) is 37.1 Å². The van der Waals surface area contributed by atoms with Crippen molar-refractivity contribution in [3.8, 4) is 5.75 Å². The molecule has 1 fully saturated rings. The number of benzene rings is 2. The minimum absolute atomic E-state index is 0.111. The van der Waals surface area contributed by atoms with E-state index in [0.29, 0.717) is 19.0 Å². The lowest BCUT2D eigenvalue weighted by molar-refractivity contribution is -0.121. The molecule has 122 valence electrons. The van der Waals surface area contributed by atoms with Crippen LogP contribution >= 0.6 is 11.8 Å². The van der Waals surface area contributed by atoms with E-state index >= 15 is 0 Å². The molecule has 4 nitrogen and oxygen atoms in total. The van der Waals surface area contributed by atoms with E-state index in [4.69, 9.17) is 4.74 Å². The summed E-state index contributed by atoms with van der Waals surface area (Å²) in [5, 5.41) is 8.71. The van der Waals surface area contributed by atoms with Gasteiger partial charge in [-0.15, -0.1) is 0 Å². The Morgan fingerprint density at radius 1 is 1.30 bits per heavy atom. The van der Waals surface area contributed by atoms with Gasteiger partial charge in [0.2, 0.25) is 5.91 Å². The van der Waals surface area contributed by atoms with Crippen LogP contribution in [0.2, 0.25) is 0 Å². The lowest BCUT2D eigenvalue weighted by atomic mass is 10.1. The van der Waals surface area contributed by atoms with Crippen molar-refractivity contribution in [2.75, 3.05) is 25.2 Å². The number of carbonyl (C=O) groups is 1. The lowest BCUT2D eigenvalue weighted by Gasteiger charge is -2.22. The number of rotatable bonds is 5. The van der Waals surface area contributed by atoms with Gasteiger partial charge in [-0.2, -0.15) is 11.8 Å². The highest BCUT2D eigenvalue weighted by Gasteiger charge is 2.16. The molecule has 0 spiro atoms. The number of hydrogen-bond donors (Lipinski definition) is 2. The molecule has 1 heterocycles. The molecule has 2 aromatic carbocycles. The van der Waals surface area contributed by atoms with Crippen molar-refractivity contribution in [2.24, 2.45) is 0 Å². The van der Waals surface area contributed by atoms with Crippen molar-refractivity contribution in [3.63, 3.8) is 0 Å². The highest BCUT2D eigenvalue weighted by atomic mass is 32.2. The maximum absolute atomic E-state index is 12.1. The highest BCUT2D eigenvalue weighted by molar-refractivity contribution is 7.99. The van der Waals surface area contributed by atoms with Crippen LogP contribution in [0.3, 0.4) is 0 Å². The Morgan fingerprint density at radius 2 is 2.13 bits per heavy atom. The fourth-order valence-electron chi connectivity index (χ4n) is 2.76. The summed E-state index contributed by atoms with van der Waals surface area (Å²) in [4.78, 5) is 12.1. The first-order valence-corrected chi connectivity index (χ1v) is 9.04. The maximum Gasteiger partial charge on any atom is 0.221 e. The number of carbonyl (C=O) groups excluding carboxylic acids is 1. The zero-order valence-electron chi connectivity index (χ0n) is 13.3. The molecule has 0 aliphatic carbocycles. The monoisotopic (exact) mass is 330 g/mol. The maximum atomic E-state index is 12.1. The number of amides is 1. The van der Waals surface area contributed by atoms with E-state index in [1.807, 2.05) is 30.0 Å². The summed E-state index contributed by atoms with van der Waals surface area (Å²) in [6.45, 7) is 1.57. The van der Waals surface area contributed by atoms with E-state index in [9.17, 15) is 4.79 Å². The first-order valence-electron chi connectivity index (χ1n) is 7.89. The van der Waals surface area contributed by atoms with Gasteiger partial charge in [0.1, 0.15) is 5.75 Å². The van der Waals surface area contributed by atoms with Crippen LogP contribution in [0.15, 0.2) is 36.4 Å². The van der Waals surface area contributed by atoms with Gasteiger partial charge >= 0.3 is 0 Å². The van der Waals surface area contributed by atoms with Crippen LogP contribution in [0, 0.1) is 0 Å². The smallest absolute Gasteiger partial charge is 0.221 e. The minimum Gasteiger partial charge on any atom is -0.497 e. The van der Waals surface area contributed by atoms with Gasteiger partial charge in [-0.25, -0.2) is 0 Å². The Bertz CT molecular complexity index is 684. The van der Waals surface area contributed by atoms with Crippen LogP contribution in [0.5, 0.6) is 5.75 Å². The second kappa shape index (κ2) is 7.70. The molecule has 1 saturated heterocycles. The average molecular weight is 330 g/mol. The van der Waals surface area contributed by atoms with Gasteiger partial charge in [0.25, 0.3) is 0 Å². The van der Waals surface area contributed by atoms with Crippen molar-refractivity contribution in [2.45, 2.75) is 19.0 Å². The standard InChI is InChI=1S/C18H22N2O2S/c1-22-17-5-4-14-8-13(2-3-15(14)9-17)11-20-18(21)10-16-12-23-7-6-19-16/h2-5,8-9,16,19H,6-7,10-12H2,1H3,(H,20,21). The van der Waals surface area contributed by atoms with Crippen molar-refractivity contribution in [1.82, 2.24) is 10.6 Å². The fraction of sp³-hybridized carbons (Fsp3) is 0.389. The number of thioether (sulfide) groups is 1. The molecule has 0 aromatic heterocycles. The van der Waals surface area contributed by atoms with Crippen LogP contribution in [-0.2, 0) is 11.3 Å². The average Bonchev–Trinajstić information content (AvgIpc) is 2.60. The molecule has 5 heteroatoms. The van der Waals surface area contributed by atoms with Gasteiger partial charge in [-0.1, -0.05) is 18.2 Å². The molecule has 2 N–H and O–H groups in total. The van der Waals surface area contributed by atoms with Gasteiger partial charge in [0, 0.05) is 37.1 Å². The van der Waals surface area contributed by atoms with Gasteiger partial charge in [-0.05, 0) is 34.5 Å². The Balaban J connectivity index is 1.57. The molecule has 1 atom stereocenters. The summed E-state index contributed by atoms with van der Waals surface area (Å²) in [6, 6.07) is 12.6. The van der Waals surface area contributed by atoms with Crippen molar-refractivity contribution < 1.29 is 9.53 Å². The third-order valence-electron chi connectivity index (χ3n) is 4.03. The predicted molar refractivity (Wildman–Crippen MR) is 96.1 cm³/mol. The van der Waals surface area contributed by atoms with Gasteiger partial charge in [0.15, 0.2) is 0 Å². The van der Waals surface area contributed by atoms with Gasteiger partial charge in [-0.3, -0.25) is 4.79 Å². The lowest BCUT2D eigenvalue weighted by Crippen LogP contribution is -2.41. The van der Waals surface area contributed by atoms with Crippen molar-refractivity contribution >= 4 is 28.4 Å². The molecular weight excluding hydrogens is 308 g/mol. The molecule has 0 bridgehead atoms. The Hall–Kier alpha value is -1.72. The predicted octanol–water partition coefficient (Wildman–Crippen LogP) is 2.56. The first-order chi connectivity index (χ1) is 11.2. The fourth-order valence-corrected chi connectivity index (χ4v) is 3.71. The summed E-state index contributed by atoms with van der Waals surface area (Å²) in [6.07, 6.45) is 0.553. The molecule has 1 aliphatic rings. The molecule has 23 heavy (non-hydrogen) atoms. The number of methoxy groups -OCH3 is 1. The SMILES string of the molecule is COc1ccc2cc(CNC(=O)CC3CSCCN3)ccc2c1. The van der Waals surface area contributed by atoms with E-state index in [1.54, 1.807) is 7.11 Å². The van der Waals surface area contributed by atoms with Gasteiger partial charge in [0.05, 0.1) is 7.11 Å². The van der Waals surface area contributed by atoms with Crippen LogP contribution < -0.4 is 15.4 Å². The van der Waals surface area contributed by atoms with E-state index in [2.05, 4.69) is 28.8 Å². The number of fused-ring (bicyclic) bond motifs is 1. The number of hydrogen-bond acceptors (Lipinski definition) is 4. The summed E-state index contributed by atoms with van der Waals surface area (Å²) in [5.74, 6) is 3.13. The van der Waals surface area contributed by atoms with Crippen molar-refractivity contribution in [1.29, 1.82) is 0 Å². The van der Waals surface area contributed by atoms with E-state index in [1.165, 1.54) is 0 Å². The molecule has 2 aromatic rings. The Kier molecular flexibility index (Phi) is 5.41. The zero-order chi connectivity index (χ0) is 16.1. The quantitative estimate of drug-likeness (QED) is 0.885. The summed E-state index contributed by atoms with van der Waals surface area (Å²) in [5.41, 5.74) is 1.11. The highest BCUT2D eigenvalue weighted by Crippen LogP contribution is 2.21. The van der Waals surface area contributed by atoms with E-state index in [-0.39, 0.29) is 5.91 Å². The normalized spacial score (nSPS) is 17.9. The summed E-state index contributed by atoms with van der Waals surface area (Å²) >= 11 is 1.91. The Labute approximate surface area is 141 Å². The number of ether oxygens (including phenoxy) is 1. The Morgan fingerprint density at radius 3 is 2.91 bits per heavy atom. The first kappa shape index (κ1) is 16.1. The molecule has 0 radical (unpaired) electrons. The topological polar surface area (TPSA) is 50.4 Å². The third kappa shape index (κ3) is 4.39. The third-order valence-corrected chi connectivity index (χ3v) is 5.16. The van der Waals surface area contributed by atoms with Crippen molar-refractivity contribution in [3.05, 3.63) is 42.0 Å². The minimum atomic E-state index is 0.111. The molecule has 1 amide bonds.